The van der Waals surface area contributed by atoms with E-state index in [0.717, 1.165) is 36.1 Å². The molecule has 0 spiro atoms. The van der Waals surface area contributed by atoms with Gasteiger partial charge in [-0.2, -0.15) is 0 Å². The summed E-state index contributed by atoms with van der Waals surface area (Å²) in [6.07, 6.45) is 3.47. The highest BCUT2D eigenvalue weighted by Gasteiger charge is 2.27. The van der Waals surface area contributed by atoms with Crippen LogP contribution in [-0.2, 0) is 22.4 Å². The van der Waals surface area contributed by atoms with E-state index in [2.05, 4.69) is 10.6 Å². The fourth-order valence-corrected chi connectivity index (χ4v) is 3.76. The maximum absolute atomic E-state index is 11.9. The maximum atomic E-state index is 11.9. The first-order valence-electron chi connectivity index (χ1n) is 7.43. The molecule has 0 aliphatic heterocycles. The second kappa shape index (κ2) is 6.91. The number of hydrogen-bond acceptors (Lipinski definition) is 4. The van der Waals surface area contributed by atoms with Crippen molar-refractivity contribution in [2.45, 2.75) is 39.5 Å². The fourth-order valence-electron chi connectivity index (χ4n) is 2.47. The average molecular weight is 323 g/mol. The third-order valence-corrected chi connectivity index (χ3v) is 4.82. The molecule has 2 rings (SSSR count). The molecular formula is C15H21N3O3S. The Labute approximate surface area is 133 Å². The first-order chi connectivity index (χ1) is 10.4. The standard InChI is InChI=1S/C15H21N3O3S/c1-8(2)6-7-17-13(20)14(21)18-15-11(12(16)19)9-4-3-5-10(9)22-15/h8H,3-7H2,1-2H3,(H2,16,19)(H,17,20)(H,18,21). The fraction of sp³-hybridized carbons (Fsp3) is 0.533. The number of nitrogens with two attached hydrogens (primary N) is 1. The van der Waals surface area contributed by atoms with E-state index in [1.165, 1.54) is 11.3 Å². The zero-order chi connectivity index (χ0) is 16.3. The van der Waals surface area contributed by atoms with Gasteiger partial charge in [-0.25, -0.2) is 0 Å². The minimum Gasteiger partial charge on any atom is -0.365 e. The van der Waals surface area contributed by atoms with Gasteiger partial charge in [0, 0.05) is 11.4 Å². The van der Waals surface area contributed by atoms with E-state index in [-0.39, 0.29) is 0 Å². The van der Waals surface area contributed by atoms with Crippen LogP contribution in [0, 0.1) is 5.92 Å². The normalized spacial score (nSPS) is 13.0. The SMILES string of the molecule is CC(C)CCNC(=O)C(=O)Nc1sc2c(c1C(N)=O)CCC2. The van der Waals surface area contributed by atoms with Gasteiger partial charge in [-0.05, 0) is 37.2 Å². The van der Waals surface area contributed by atoms with E-state index >= 15 is 0 Å². The molecule has 1 heterocycles. The van der Waals surface area contributed by atoms with Crippen LogP contribution in [0.1, 0.15) is 47.5 Å². The van der Waals surface area contributed by atoms with E-state index < -0.39 is 17.7 Å². The van der Waals surface area contributed by atoms with Crippen molar-refractivity contribution in [2.75, 3.05) is 11.9 Å². The molecule has 120 valence electrons. The Hall–Kier alpha value is -1.89. The number of hydrogen-bond donors (Lipinski definition) is 3. The van der Waals surface area contributed by atoms with Crippen LogP contribution in [0.25, 0.3) is 0 Å². The molecule has 1 aliphatic rings. The smallest absolute Gasteiger partial charge is 0.314 e. The highest BCUT2D eigenvalue weighted by molar-refractivity contribution is 7.17. The van der Waals surface area contributed by atoms with Crippen molar-refractivity contribution in [3.05, 3.63) is 16.0 Å². The van der Waals surface area contributed by atoms with Gasteiger partial charge in [-0.1, -0.05) is 13.8 Å². The average Bonchev–Trinajstić information content (AvgIpc) is 2.97. The van der Waals surface area contributed by atoms with Crippen LogP contribution < -0.4 is 16.4 Å². The summed E-state index contributed by atoms with van der Waals surface area (Å²) in [6, 6.07) is 0. The number of rotatable bonds is 5. The molecule has 1 aromatic rings. The van der Waals surface area contributed by atoms with Crippen LogP contribution in [-0.4, -0.2) is 24.3 Å². The third-order valence-electron chi connectivity index (χ3n) is 3.61. The predicted molar refractivity (Wildman–Crippen MR) is 86.0 cm³/mol. The number of fused-ring (bicyclic) bond motifs is 1. The van der Waals surface area contributed by atoms with Crippen LogP contribution in [0.3, 0.4) is 0 Å². The highest BCUT2D eigenvalue weighted by atomic mass is 32.1. The molecule has 7 heteroatoms. The van der Waals surface area contributed by atoms with Gasteiger partial charge in [0.25, 0.3) is 5.91 Å². The lowest BCUT2D eigenvalue weighted by molar-refractivity contribution is -0.136. The molecule has 6 nitrogen and oxygen atoms in total. The van der Waals surface area contributed by atoms with Gasteiger partial charge in [0.05, 0.1) is 5.56 Å². The number of primary amides is 1. The van der Waals surface area contributed by atoms with Crippen LogP contribution in [0.5, 0.6) is 0 Å². The molecule has 3 amide bonds. The van der Waals surface area contributed by atoms with E-state index in [1.807, 2.05) is 13.8 Å². The van der Waals surface area contributed by atoms with Crippen molar-refractivity contribution in [2.24, 2.45) is 11.7 Å². The van der Waals surface area contributed by atoms with Crippen molar-refractivity contribution in [1.29, 1.82) is 0 Å². The predicted octanol–water partition coefficient (Wildman–Crippen LogP) is 1.44. The monoisotopic (exact) mass is 323 g/mol. The number of nitrogens with one attached hydrogen (secondary N) is 2. The molecule has 0 unspecified atom stereocenters. The lowest BCUT2D eigenvalue weighted by Crippen LogP contribution is -2.36. The lowest BCUT2D eigenvalue weighted by Gasteiger charge is -2.08. The molecule has 0 bridgehead atoms. The van der Waals surface area contributed by atoms with Crippen molar-refractivity contribution < 1.29 is 14.4 Å². The van der Waals surface area contributed by atoms with Crippen LogP contribution in [0.15, 0.2) is 0 Å². The van der Waals surface area contributed by atoms with Gasteiger partial charge in [0.1, 0.15) is 5.00 Å². The number of aryl methyl sites for hydroxylation is 1. The number of anilines is 1. The summed E-state index contributed by atoms with van der Waals surface area (Å²) in [5.41, 5.74) is 6.70. The van der Waals surface area contributed by atoms with Crippen LogP contribution in [0.4, 0.5) is 5.00 Å². The molecule has 0 fully saturated rings. The summed E-state index contributed by atoms with van der Waals surface area (Å²) in [6.45, 7) is 4.53. The third kappa shape index (κ3) is 3.65. The molecule has 0 radical (unpaired) electrons. The first kappa shape index (κ1) is 16.5. The summed E-state index contributed by atoms with van der Waals surface area (Å²) in [4.78, 5) is 36.4. The van der Waals surface area contributed by atoms with Crippen molar-refractivity contribution in [3.8, 4) is 0 Å². The summed E-state index contributed by atoms with van der Waals surface area (Å²) in [7, 11) is 0. The van der Waals surface area contributed by atoms with E-state index in [9.17, 15) is 14.4 Å². The molecule has 0 atom stereocenters. The first-order valence-corrected chi connectivity index (χ1v) is 8.25. The summed E-state index contributed by atoms with van der Waals surface area (Å²) < 4.78 is 0. The van der Waals surface area contributed by atoms with Gasteiger partial charge in [0.15, 0.2) is 0 Å². The van der Waals surface area contributed by atoms with Crippen molar-refractivity contribution in [3.63, 3.8) is 0 Å². The Bertz CT molecular complexity index is 607. The van der Waals surface area contributed by atoms with E-state index in [0.29, 0.717) is 23.0 Å². The summed E-state index contributed by atoms with van der Waals surface area (Å²) >= 11 is 1.34. The van der Waals surface area contributed by atoms with Gasteiger partial charge < -0.3 is 16.4 Å². The van der Waals surface area contributed by atoms with Crippen LogP contribution >= 0.6 is 11.3 Å². The highest BCUT2D eigenvalue weighted by Crippen LogP contribution is 2.38. The van der Waals surface area contributed by atoms with Gasteiger partial charge >= 0.3 is 11.8 Å². The zero-order valence-electron chi connectivity index (χ0n) is 12.8. The topological polar surface area (TPSA) is 101 Å². The molecule has 1 aliphatic carbocycles. The Morgan fingerprint density at radius 1 is 1.23 bits per heavy atom. The van der Waals surface area contributed by atoms with Gasteiger partial charge in [0.2, 0.25) is 0 Å². The van der Waals surface area contributed by atoms with Crippen molar-refractivity contribution in [1.82, 2.24) is 5.32 Å². The Morgan fingerprint density at radius 3 is 2.59 bits per heavy atom. The van der Waals surface area contributed by atoms with Crippen LogP contribution in [0.2, 0.25) is 0 Å². The largest absolute Gasteiger partial charge is 0.365 e. The minimum atomic E-state index is -0.758. The molecule has 0 aromatic carbocycles. The van der Waals surface area contributed by atoms with Gasteiger partial charge in [-0.3, -0.25) is 14.4 Å². The molecular weight excluding hydrogens is 302 g/mol. The minimum absolute atomic E-state index is 0.362. The molecule has 0 saturated heterocycles. The van der Waals surface area contributed by atoms with Crippen molar-refractivity contribution >= 4 is 34.1 Å². The van der Waals surface area contributed by atoms with E-state index in [1.54, 1.807) is 0 Å². The lowest BCUT2D eigenvalue weighted by atomic mass is 10.1. The summed E-state index contributed by atoms with van der Waals surface area (Å²) in [5, 5.41) is 5.49. The molecule has 4 N–H and O–H groups in total. The molecule has 0 saturated carbocycles. The number of carbonyl (C=O) groups excluding carboxylic acids is 3. The molecule has 22 heavy (non-hydrogen) atoms. The second-order valence-corrected chi connectivity index (χ2v) is 6.92. The zero-order valence-corrected chi connectivity index (χ0v) is 13.6. The quantitative estimate of drug-likeness (QED) is 0.715. The maximum Gasteiger partial charge on any atom is 0.314 e. The number of amides is 3. The second-order valence-electron chi connectivity index (χ2n) is 5.82. The Kier molecular flexibility index (Phi) is 5.18. The van der Waals surface area contributed by atoms with E-state index in [4.69, 9.17) is 5.73 Å². The summed E-state index contributed by atoms with van der Waals surface area (Å²) in [5.74, 6) is -1.56. The van der Waals surface area contributed by atoms with Gasteiger partial charge in [-0.15, -0.1) is 11.3 Å². The Morgan fingerprint density at radius 2 is 1.95 bits per heavy atom. The Balaban J connectivity index is 2.03. The molecule has 1 aromatic heterocycles. The number of carbonyl (C=O) groups is 3. The number of thiophene rings is 1.